The van der Waals surface area contributed by atoms with Crippen LogP contribution >= 0.6 is 0 Å². The largest absolute Gasteiger partial charge is 0.444 e. The second-order valence-electron chi connectivity index (χ2n) is 4.66. The second-order valence-corrected chi connectivity index (χ2v) is 4.66. The lowest BCUT2D eigenvalue weighted by atomic mass is 10.2. The predicted octanol–water partition coefficient (Wildman–Crippen LogP) is 0.671. The van der Waals surface area contributed by atoms with Gasteiger partial charge in [0, 0.05) is 0 Å². The van der Waals surface area contributed by atoms with Gasteiger partial charge in [-0.1, -0.05) is 0 Å². The van der Waals surface area contributed by atoms with Gasteiger partial charge in [0.25, 0.3) is 0 Å². The molecule has 0 unspecified atom stereocenters. The number of nitrogens with one attached hydrogen (secondary N) is 2. The van der Waals surface area contributed by atoms with E-state index < -0.39 is 17.7 Å². The minimum absolute atomic E-state index is 0.295. The number of carbonyl (C=O) groups excluding carboxylic acids is 1. The van der Waals surface area contributed by atoms with E-state index in [1.54, 1.807) is 27.7 Å². The van der Waals surface area contributed by atoms with Crippen molar-refractivity contribution in [3.05, 3.63) is 11.6 Å². The van der Waals surface area contributed by atoms with Crippen LogP contribution in [-0.2, 0) is 4.74 Å². The zero-order chi connectivity index (χ0) is 13.1. The van der Waals surface area contributed by atoms with Gasteiger partial charge < -0.3 is 15.2 Å². The normalized spacial score (nSPS) is 13.2. The van der Waals surface area contributed by atoms with Crippen molar-refractivity contribution in [1.82, 2.24) is 20.5 Å². The highest BCUT2D eigenvalue weighted by Gasteiger charge is 2.22. The van der Waals surface area contributed by atoms with E-state index in [2.05, 4.69) is 20.5 Å². The molecule has 1 rings (SSSR count). The van der Waals surface area contributed by atoms with E-state index in [1.807, 2.05) is 0 Å². The summed E-state index contributed by atoms with van der Waals surface area (Å²) in [6.07, 6.45) is -0.612. The summed E-state index contributed by atoms with van der Waals surface area (Å²) in [7, 11) is 0. The summed E-state index contributed by atoms with van der Waals surface area (Å²) in [6.45, 7) is 6.72. The molecule has 0 saturated heterocycles. The topological polar surface area (TPSA) is 100 Å². The van der Waals surface area contributed by atoms with E-state index in [9.17, 15) is 9.90 Å². The lowest BCUT2D eigenvalue weighted by Crippen LogP contribution is -2.36. The van der Waals surface area contributed by atoms with Gasteiger partial charge in [0.1, 0.15) is 17.5 Å². The highest BCUT2D eigenvalue weighted by atomic mass is 16.6. The number of ether oxygens (including phenoxy) is 1. The first-order valence-corrected chi connectivity index (χ1v) is 5.31. The number of hydrogen-bond acceptors (Lipinski definition) is 5. The second kappa shape index (κ2) is 5.13. The van der Waals surface area contributed by atoms with Crippen molar-refractivity contribution in [2.45, 2.75) is 39.3 Å². The lowest BCUT2D eigenvalue weighted by molar-refractivity contribution is 0.0478. The molecule has 0 fully saturated rings. The third kappa shape index (κ3) is 4.39. The Hall–Kier alpha value is -1.63. The fourth-order valence-electron chi connectivity index (χ4n) is 1.16. The molecule has 3 N–H and O–H groups in total. The summed E-state index contributed by atoms with van der Waals surface area (Å²) in [4.78, 5) is 15.5. The molecule has 0 aliphatic rings. The van der Waals surface area contributed by atoms with Crippen LogP contribution in [0.1, 0.15) is 38.5 Å². The van der Waals surface area contributed by atoms with Gasteiger partial charge in [0.15, 0.2) is 5.82 Å². The van der Waals surface area contributed by atoms with Crippen LogP contribution in [0.2, 0.25) is 0 Å². The number of aromatic amines is 1. The van der Waals surface area contributed by atoms with E-state index in [0.29, 0.717) is 11.6 Å². The van der Waals surface area contributed by atoms with Crippen LogP contribution in [0.25, 0.3) is 0 Å². The molecule has 1 amide bonds. The number of carbonyl (C=O) groups is 1. The first kappa shape index (κ1) is 13.4. The number of H-pyrrole nitrogens is 1. The summed E-state index contributed by atoms with van der Waals surface area (Å²) in [5.41, 5.74) is -0.584. The number of aliphatic hydroxyl groups excluding tert-OH is 1. The van der Waals surface area contributed by atoms with E-state index in [-0.39, 0.29) is 6.61 Å². The van der Waals surface area contributed by atoms with Crippen LogP contribution in [0.4, 0.5) is 4.79 Å². The van der Waals surface area contributed by atoms with Crippen molar-refractivity contribution in [3.63, 3.8) is 0 Å². The summed E-state index contributed by atoms with van der Waals surface area (Å²) >= 11 is 0. The van der Waals surface area contributed by atoms with Gasteiger partial charge in [-0.05, 0) is 27.7 Å². The molecular weight excluding hydrogens is 224 g/mol. The van der Waals surface area contributed by atoms with Crippen molar-refractivity contribution in [2.75, 3.05) is 6.61 Å². The Morgan fingerprint density at radius 2 is 2.24 bits per heavy atom. The standard InChI is InChI=1S/C10H18N4O3/c1-6-11-8(14-13-6)7(5-15)12-9(16)17-10(2,3)4/h7,15H,5H2,1-4H3,(H,12,16)(H,11,13,14)/t7-/m1/s1. The number of aryl methyl sites for hydroxylation is 1. The molecule has 96 valence electrons. The Balaban J connectivity index is 2.62. The minimum atomic E-state index is -0.671. The molecule has 0 aromatic carbocycles. The third-order valence-electron chi connectivity index (χ3n) is 1.80. The zero-order valence-electron chi connectivity index (χ0n) is 10.4. The molecular formula is C10H18N4O3. The van der Waals surface area contributed by atoms with E-state index >= 15 is 0 Å². The van der Waals surface area contributed by atoms with Gasteiger partial charge in [-0.3, -0.25) is 5.10 Å². The third-order valence-corrected chi connectivity index (χ3v) is 1.80. The average Bonchev–Trinajstić information content (AvgIpc) is 2.58. The van der Waals surface area contributed by atoms with Crippen LogP contribution in [0.3, 0.4) is 0 Å². The van der Waals surface area contributed by atoms with Gasteiger partial charge in [0.2, 0.25) is 0 Å². The van der Waals surface area contributed by atoms with Crippen LogP contribution in [0, 0.1) is 6.92 Å². The molecule has 0 saturated carbocycles. The van der Waals surface area contributed by atoms with Gasteiger partial charge >= 0.3 is 6.09 Å². The van der Waals surface area contributed by atoms with E-state index in [4.69, 9.17) is 4.74 Å². The maximum atomic E-state index is 11.5. The number of aliphatic hydroxyl groups is 1. The van der Waals surface area contributed by atoms with Crippen molar-refractivity contribution in [2.24, 2.45) is 0 Å². The summed E-state index contributed by atoms with van der Waals surface area (Å²) in [5.74, 6) is 0.945. The molecule has 7 nitrogen and oxygen atoms in total. The van der Waals surface area contributed by atoms with Gasteiger partial charge in [0.05, 0.1) is 6.61 Å². The van der Waals surface area contributed by atoms with Crippen molar-refractivity contribution in [3.8, 4) is 0 Å². The maximum absolute atomic E-state index is 11.5. The van der Waals surface area contributed by atoms with Crippen LogP contribution < -0.4 is 5.32 Å². The monoisotopic (exact) mass is 242 g/mol. The predicted molar refractivity (Wildman–Crippen MR) is 60.3 cm³/mol. The van der Waals surface area contributed by atoms with Gasteiger partial charge in [-0.2, -0.15) is 5.10 Å². The number of rotatable bonds is 3. The molecule has 0 aliphatic carbocycles. The SMILES string of the molecule is Cc1nc([C@@H](CO)NC(=O)OC(C)(C)C)n[nH]1. The molecule has 17 heavy (non-hydrogen) atoms. The number of hydrogen-bond donors (Lipinski definition) is 3. The van der Waals surface area contributed by atoms with Crippen LogP contribution in [-0.4, -0.2) is 38.6 Å². The van der Waals surface area contributed by atoms with E-state index in [0.717, 1.165) is 0 Å². The first-order valence-electron chi connectivity index (χ1n) is 5.31. The first-order chi connectivity index (χ1) is 7.81. The Kier molecular flexibility index (Phi) is 4.06. The Bertz CT molecular complexity index is 383. The van der Waals surface area contributed by atoms with Crippen LogP contribution in [0.5, 0.6) is 0 Å². The summed E-state index contributed by atoms with van der Waals surface area (Å²) < 4.78 is 5.07. The molecule has 0 radical (unpaired) electrons. The molecule has 1 heterocycles. The van der Waals surface area contributed by atoms with Gasteiger partial charge in [-0.25, -0.2) is 9.78 Å². The molecule has 0 bridgehead atoms. The summed E-state index contributed by atoms with van der Waals surface area (Å²) in [6, 6.07) is -0.671. The molecule has 1 aromatic heterocycles. The quantitative estimate of drug-likeness (QED) is 0.723. The van der Waals surface area contributed by atoms with Crippen molar-refractivity contribution < 1.29 is 14.6 Å². The Labute approximate surface area is 99.6 Å². The maximum Gasteiger partial charge on any atom is 0.408 e. The molecule has 0 aliphatic heterocycles. The minimum Gasteiger partial charge on any atom is -0.444 e. The zero-order valence-corrected chi connectivity index (χ0v) is 10.4. The van der Waals surface area contributed by atoms with Crippen molar-refractivity contribution in [1.29, 1.82) is 0 Å². The highest BCUT2D eigenvalue weighted by molar-refractivity contribution is 5.68. The van der Waals surface area contributed by atoms with Crippen LogP contribution in [0.15, 0.2) is 0 Å². The number of nitrogens with zero attached hydrogens (tertiary/aromatic N) is 2. The fourth-order valence-corrected chi connectivity index (χ4v) is 1.16. The molecule has 7 heteroatoms. The number of alkyl carbamates (subject to hydrolysis) is 1. The number of amides is 1. The number of aromatic nitrogens is 3. The molecule has 0 spiro atoms. The Morgan fingerprint density at radius 3 is 2.65 bits per heavy atom. The highest BCUT2D eigenvalue weighted by Crippen LogP contribution is 2.10. The molecule has 1 aromatic rings. The smallest absolute Gasteiger partial charge is 0.408 e. The van der Waals surface area contributed by atoms with E-state index in [1.165, 1.54) is 0 Å². The average molecular weight is 242 g/mol. The Morgan fingerprint density at radius 1 is 1.59 bits per heavy atom. The fraction of sp³-hybridized carbons (Fsp3) is 0.700. The van der Waals surface area contributed by atoms with Crippen molar-refractivity contribution >= 4 is 6.09 Å². The van der Waals surface area contributed by atoms with Gasteiger partial charge in [-0.15, -0.1) is 0 Å². The molecule has 1 atom stereocenters. The lowest BCUT2D eigenvalue weighted by Gasteiger charge is -2.21. The summed E-state index contributed by atoms with van der Waals surface area (Å²) in [5, 5.41) is 18.2.